The van der Waals surface area contributed by atoms with Crippen LogP contribution in [0.3, 0.4) is 0 Å². The molecule has 0 aliphatic carbocycles. The molecule has 0 aliphatic rings. The van der Waals surface area contributed by atoms with E-state index in [9.17, 15) is 9.18 Å². The van der Waals surface area contributed by atoms with Gasteiger partial charge in [0.15, 0.2) is 11.6 Å². The number of carbonyl (C=O) groups excluding carboxylic acids is 1. The lowest BCUT2D eigenvalue weighted by atomic mass is 10.1. The number of aryl methyl sites for hydroxylation is 2. The average Bonchev–Trinajstić information content (AvgIpc) is 2.50. The van der Waals surface area contributed by atoms with Gasteiger partial charge in [-0.05, 0) is 49.4 Å². The Kier molecular flexibility index (Phi) is 5.44. The Morgan fingerprint density at radius 2 is 1.91 bits per heavy atom. The maximum Gasteiger partial charge on any atom is 0.283 e. The van der Waals surface area contributed by atoms with Gasteiger partial charge < -0.3 is 10.1 Å². The fourth-order valence-electron chi connectivity index (χ4n) is 1.95. The second-order valence-electron chi connectivity index (χ2n) is 4.93. The van der Waals surface area contributed by atoms with E-state index in [0.29, 0.717) is 5.69 Å². The molecule has 0 aromatic heterocycles. The van der Waals surface area contributed by atoms with Crippen molar-refractivity contribution in [2.75, 3.05) is 11.6 Å². The molecule has 2 rings (SSSR count). The monoisotopic (exact) mass is 319 g/mol. The van der Waals surface area contributed by atoms with Crippen LogP contribution in [0.4, 0.5) is 14.9 Å². The summed E-state index contributed by atoms with van der Waals surface area (Å²) in [4.78, 5) is 11.5. The molecule has 0 spiro atoms. The maximum absolute atomic E-state index is 13.9. The van der Waals surface area contributed by atoms with E-state index in [1.165, 1.54) is 6.07 Å². The zero-order valence-corrected chi connectivity index (χ0v) is 13.6. The lowest BCUT2D eigenvalue weighted by Gasteiger charge is -2.13. The molecular weight excluding hydrogens is 301 g/mol. The molecule has 0 atom stereocenters. The topological polar surface area (TPSA) is 38.3 Å². The van der Waals surface area contributed by atoms with Crippen molar-refractivity contribution < 1.29 is 13.9 Å². The van der Waals surface area contributed by atoms with E-state index < -0.39 is 0 Å². The van der Waals surface area contributed by atoms with E-state index in [-0.39, 0.29) is 23.4 Å². The number of anilines is 1. The predicted octanol–water partition coefficient (Wildman–Crippen LogP) is 4.92. The van der Waals surface area contributed by atoms with Crippen molar-refractivity contribution in [2.24, 2.45) is 0 Å². The van der Waals surface area contributed by atoms with E-state index >= 15 is 0 Å². The van der Waals surface area contributed by atoms with Crippen LogP contribution in [0.15, 0.2) is 36.4 Å². The summed E-state index contributed by atoms with van der Waals surface area (Å²) in [7, 11) is 0. The zero-order valence-electron chi connectivity index (χ0n) is 12.8. The zero-order chi connectivity index (χ0) is 16.1. The number of hydrogen-bond donors (Lipinski definition) is 1. The van der Waals surface area contributed by atoms with Crippen LogP contribution >= 0.6 is 11.8 Å². The van der Waals surface area contributed by atoms with Gasteiger partial charge in [-0.2, -0.15) is 0 Å². The quantitative estimate of drug-likeness (QED) is 0.869. The van der Waals surface area contributed by atoms with Gasteiger partial charge in [0.2, 0.25) is 0 Å². The van der Waals surface area contributed by atoms with Gasteiger partial charge in [-0.25, -0.2) is 4.39 Å². The minimum Gasteiger partial charge on any atom is -0.486 e. The van der Waals surface area contributed by atoms with Gasteiger partial charge in [-0.1, -0.05) is 30.0 Å². The van der Waals surface area contributed by atoms with Crippen molar-refractivity contribution in [1.29, 1.82) is 0 Å². The molecule has 0 fully saturated rings. The van der Waals surface area contributed by atoms with Crippen molar-refractivity contribution >= 4 is 22.7 Å². The van der Waals surface area contributed by atoms with E-state index in [1.807, 2.05) is 32.0 Å². The van der Waals surface area contributed by atoms with Gasteiger partial charge in [0.25, 0.3) is 5.24 Å². The standard InChI is InChI=1S/C17H18FNO2S/c1-11-8-14(18)16(9-12(11)2)21-10-13-6-4-5-7-15(13)19-17(20)22-3/h4-9H,10H2,1-3H3,(H,19,20). The normalized spacial score (nSPS) is 10.4. The number of hydrogen-bond acceptors (Lipinski definition) is 3. The fourth-order valence-corrected chi connectivity index (χ4v) is 2.16. The Morgan fingerprint density at radius 3 is 2.64 bits per heavy atom. The molecule has 2 aromatic rings. The van der Waals surface area contributed by atoms with E-state index in [2.05, 4.69) is 5.32 Å². The van der Waals surface area contributed by atoms with Gasteiger partial charge >= 0.3 is 0 Å². The number of para-hydroxylation sites is 1. The molecule has 116 valence electrons. The molecule has 0 unspecified atom stereocenters. The number of halogens is 1. The van der Waals surface area contributed by atoms with Crippen LogP contribution in [-0.4, -0.2) is 11.5 Å². The molecule has 0 heterocycles. The fraction of sp³-hybridized carbons (Fsp3) is 0.235. The summed E-state index contributed by atoms with van der Waals surface area (Å²) < 4.78 is 19.5. The summed E-state index contributed by atoms with van der Waals surface area (Å²) in [5.41, 5.74) is 3.33. The Balaban J connectivity index is 2.15. The number of ether oxygens (including phenoxy) is 1. The Hall–Kier alpha value is -2.01. The van der Waals surface area contributed by atoms with Gasteiger partial charge in [-0.3, -0.25) is 4.79 Å². The first-order valence-corrected chi connectivity index (χ1v) is 8.06. The second kappa shape index (κ2) is 7.31. The highest BCUT2D eigenvalue weighted by Crippen LogP contribution is 2.24. The number of benzene rings is 2. The molecule has 1 N–H and O–H groups in total. The van der Waals surface area contributed by atoms with Crippen LogP contribution in [-0.2, 0) is 6.61 Å². The Labute approximate surface area is 133 Å². The molecule has 0 saturated carbocycles. The number of rotatable bonds is 4. The summed E-state index contributed by atoms with van der Waals surface area (Å²) in [5.74, 6) is -0.164. The van der Waals surface area contributed by atoms with Crippen molar-refractivity contribution in [2.45, 2.75) is 20.5 Å². The van der Waals surface area contributed by atoms with Gasteiger partial charge in [-0.15, -0.1) is 0 Å². The van der Waals surface area contributed by atoms with Crippen LogP contribution in [0, 0.1) is 19.7 Å². The number of amides is 1. The lowest BCUT2D eigenvalue weighted by molar-refractivity contribution is 0.269. The number of carbonyl (C=O) groups is 1. The van der Waals surface area contributed by atoms with Crippen LogP contribution in [0.25, 0.3) is 0 Å². The summed E-state index contributed by atoms with van der Waals surface area (Å²) in [5, 5.41) is 2.63. The first kappa shape index (κ1) is 16.4. The molecule has 0 bridgehead atoms. The highest BCUT2D eigenvalue weighted by atomic mass is 32.2. The number of nitrogens with one attached hydrogen (secondary N) is 1. The Morgan fingerprint density at radius 1 is 1.23 bits per heavy atom. The summed E-state index contributed by atoms with van der Waals surface area (Å²) in [6.45, 7) is 3.95. The van der Waals surface area contributed by atoms with Crippen LogP contribution in [0.1, 0.15) is 16.7 Å². The van der Waals surface area contributed by atoms with Crippen LogP contribution in [0.5, 0.6) is 5.75 Å². The lowest BCUT2D eigenvalue weighted by Crippen LogP contribution is -2.08. The van der Waals surface area contributed by atoms with E-state index in [1.54, 1.807) is 18.4 Å². The largest absolute Gasteiger partial charge is 0.486 e. The molecule has 5 heteroatoms. The van der Waals surface area contributed by atoms with Crippen LogP contribution < -0.4 is 10.1 Å². The summed E-state index contributed by atoms with van der Waals surface area (Å²) in [6, 6.07) is 10.5. The minimum absolute atomic E-state index is 0.148. The third-order valence-corrected chi connectivity index (χ3v) is 3.84. The first-order valence-electron chi connectivity index (χ1n) is 6.83. The highest BCUT2D eigenvalue weighted by molar-refractivity contribution is 8.13. The molecule has 3 nitrogen and oxygen atoms in total. The molecular formula is C17H18FNO2S. The summed E-state index contributed by atoms with van der Waals surface area (Å²) in [6.07, 6.45) is 1.71. The Bertz CT molecular complexity index is 688. The third kappa shape index (κ3) is 4.01. The number of thioether (sulfide) groups is 1. The second-order valence-corrected chi connectivity index (χ2v) is 5.71. The molecule has 0 radical (unpaired) electrons. The average molecular weight is 319 g/mol. The van der Waals surface area contributed by atoms with Crippen molar-refractivity contribution in [1.82, 2.24) is 0 Å². The van der Waals surface area contributed by atoms with E-state index in [0.717, 1.165) is 28.5 Å². The molecule has 1 amide bonds. The SMILES string of the molecule is CSC(=O)Nc1ccccc1COc1cc(C)c(C)cc1F. The smallest absolute Gasteiger partial charge is 0.283 e. The molecule has 2 aromatic carbocycles. The minimum atomic E-state index is -0.381. The molecule has 0 saturated heterocycles. The van der Waals surface area contributed by atoms with Gasteiger partial charge in [0.05, 0.1) is 0 Å². The van der Waals surface area contributed by atoms with Crippen molar-refractivity contribution in [3.8, 4) is 5.75 Å². The first-order chi connectivity index (χ1) is 10.5. The van der Waals surface area contributed by atoms with E-state index in [4.69, 9.17) is 4.74 Å². The van der Waals surface area contributed by atoms with Crippen molar-refractivity contribution in [3.63, 3.8) is 0 Å². The van der Waals surface area contributed by atoms with Crippen molar-refractivity contribution in [3.05, 3.63) is 58.9 Å². The predicted molar refractivity (Wildman–Crippen MR) is 89.2 cm³/mol. The summed E-state index contributed by atoms with van der Waals surface area (Å²) >= 11 is 1.10. The van der Waals surface area contributed by atoms with Crippen LogP contribution in [0.2, 0.25) is 0 Å². The molecule has 22 heavy (non-hydrogen) atoms. The highest BCUT2D eigenvalue weighted by Gasteiger charge is 2.09. The third-order valence-electron chi connectivity index (χ3n) is 3.37. The molecule has 0 aliphatic heterocycles. The van der Waals surface area contributed by atoms with Gasteiger partial charge in [0, 0.05) is 11.3 Å². The maximum atomic E-state index is 13.9. The van der Waals surface area contributed by atoms with Gasteiger partial charge in [0.1, 0.15) is 6.61 Å².